The summed E-state index contributed by atoms with van der Waals surface area (Å²) in [7, 11) is 2.10. The van der Waals surface area contributed by atoms with Crippen molar-refractivity contribution in [2.75, 3.05) is 40.0 Å². The van der Waals surface area contributed by atoms with Gasteiger partial charge in [0.05, 0.1) is 5.56 Å². The maximum atomic E-state index is 11.7. The van der Waals surface area contributed by atoms with Gasteiger partial charge in [-0.2, -0.15) is 0 Å². The van der Waals surface area contributed by atoms with E-state index < -0.39 is 0 Å². The molecule has 17 heavy (non-hydrogen) atoms. The van der Waals surface area contributed by atoms with Gasteiger partial charge < -0.3 is 9.64 Å². The molecule has 0 bridgehead atoms. The molecule has 4 nitrogen and oxygen atoms in total. The second-order valence-electron chi connectivity index (χ2n) is 4.35. The van der Waals surface area contributed by atoms with Gasteiger partial charge >= 0.3 is 5.97 Å². The summed E-state index contributed by atoms with van der Waals surface area (Å²) in [4.78, 5) is 16.1. The van der Waals surface area contributed by atoms with E-state index in [4.69, 9.17) is 4.74 Å². The lowest BCUT2D eigenvalue weighted by Gasteiger charge is -2.31. The first-order valence-electron chi connectivity index (χ1n) is 5.89. The average Bonchev–Trinajstić information content (AvgIpc) is 2.39. The van der Waals surface area contributed by atoms with E-state index >= 15 is 0 Å². The molecule has 0 atom stereocenters. The van der Waals surface area contributed by atoms with Crippen LogP contribution in [-0.4, -0.2) is 55.7 Å². The van der Waals surface area contributed by atoms with Crippen molar-refractivity contribution in [2.24, 2.45) is 0 Å². The van der Waals surface area contributed by atoms with Crippen LogP contribution in [0.1, 0.15) is 10.4 Å². The Kier molecular flexibility index (Phi) is 4.12. The number of piperazine rings is 1. The van der Waals surface area contributed by atoms with Gasteiger partial charge in [-0.15, -0.1) is 0 Å². The molecule has 0 spiro atoms. The topological polar surface area (TPSA) is 32.8 Å². The quantitative estimate of drug-likeness (QED) is 0.732. The molecule has 0 saturated carbocycles. The fraction of sp³-hybridized carbons (Fsp3) is 0.462. The van der Waals surface area contributed by atoms with Gasteiger partial charge in [-0.25, -0.2) is 4.79 Å². The van der Waals surface area contributed by atoms with Crippen molar-refractivity contribution < 1.29 is 9.53 Å². The van der Waals surface area contributed by atoms with Crippen molar-refractivity contribution in [3.8, 4) is 0 Å². The van der Waals surface area contributed by atoms with Gasteiger partial charge in [-0.05, 0) is 19.2 Å². The number of hydrogen-bond acceptors (Lipinski definition) is 4. The van der Waals surface area contributed by atoms with Crippen molar-refractivity contribution in [1.82, 2.24) is 9.80 Å². The Balaban J connectivity index is 1.77. The van der Waals surface area contributed by atoms with Crippen molar-refractivity contribution in [3.63, 3.8) is 0 Å². The van der Waals surface area contributed by atoms with E-state index in [1.54, 1.807) is 12.1 Å². The first kappa shape index (κ1) is 12.1. The minimum atomic E-state index is -0.246. The van der Waals surface area contributed by atoms with Gasteiger partial charge in [0.2, 0.25) is 0 Å². The van der Waals surface area contributed by atoms with E-state index in [0.29, 0.717) is 12.3 Å². The summed E-state index contributed by atoms with van der Waals surface area (Å²) in [6.45, 7) is 4.37. The zero-order chi connectivity index (χ0) is 12.1. The fourth-order valence-electron chi connectivity index (χ4n) is 1.78. The lowest BCUT2D eigenvalue weighted by molar-refractivity contribution is 0.0102. The van der Waals surface area contributed by atoms with E-state index in [2.05, 4.69) is 16.8 Å². The standard InChI is InChI=1S/C13H18N2O2/c1-14-7-9-15(10-8-14)11-17-13(16)12-5-3-2-4-6-12/h2-6H,7-11H2,1H3. The highest BCUT2D eigenvalue weighted by molar-refractivity contribution is 5.89. The van der Waals surface area contributed by atoms with E-state index in [1.807, 2.05) is 18.2 Å². The Hall–Kier alpha value is -1.39. The molecule has 1 aromatic carbocycles. The van der Waals surface area contributed by atoms with Crippen LogP contribution in [0.15, 0.2) is 30.3 Å². The fourth-order valence-corrected chi connectivity index (χ4v) is 1.78. The van der Waals surface area contributed by atoms with Crippen molar-refractivity contribution in [1.29, 1.82) is 0 Å². The van der Waals surface area contributed by atoms with Gasteiger partial charge in [0.15, 0.2) is 0 Å². The first-order chi connectivity index (χ1) is 8.25. The highest BCUT2D eigenvalue weighted by atomic mass is 16.5. The van der Waals surface area contributed by atoms with Crippen molar-refractivity contribution in [2.45, 2.75) is 0 Å². The SMILES string of the molecule is CN1CCN(COC(=O)c2ccccc2)CC1. The molecule has 0 radical (unpaired) electrons. The van der Waals surface area contributed by atoms with Gasteiger partial charge in [0.1, 0.15) is 6.73 Å². The highest BCUT2D eigenvalue weighted by Gasteiger charge is 2.15. The third-order valence-electron chi connectivity index (χ3n) is 2.98. The summed E-state index contributed by atoms with van der Waals surface area (Å²) >= 11 is 0. The van der Waals surface area contributed by atoms with Crippen LogP contribution in [0.2, 0.25) is 0 Å². The molecule has 1 aliphatic heterocycles. The number of hydrogen-bond donors (Lipinski definition) is 0. The maximum absolute atomic E-state index is 11.7. The van der Waals surface area contributed by atoms with Crippen LogP contribution in [0.4, 0.5) is 0 Å². The van der Waals surface area contributed by atoms with Crippen LogP contribution in [0.25, 0.3) is 0 Å². The summed E-state index contributed by atoms with van der Waals surface area (Å²) < 4.78 is 5.27. The molecule has 1 saturated heterocycles. The summed E-state index contributed by atoms with van der Waals surface area (Å²) in [6, 6.07) is 9.11. The van der Waals surface area contributed by atoms with E-state index in [9.17, 15) is 4.79 Å². The zero-order valence-electron chi connectivity index (χ0n) is 10.1. The third kappa shape index (κ3) is 3.54. The molecule has 1 fully saturated rings. The molecule has 1 heterocycles. The Morgan fingerprint density at radius 2 is 1.82 bits per heavy atom. The maximum Gasteiger partial charge on any atom is 0.339 e. The molecule has 0 amide bonds. The molecule has 2 rings (SSSR count). The lowest BCUT2D eigenvalue weighted by Crippen LogP contribution is -2.45. The Morgan fingerprint density at radius 3 is 2.47 bits per heavy atom. The molecule has 0 aliphatic carbocycles. The Labute approximate surface area is 102 Å². The number of esters is 1. The number of nitrogens with zero attached hydrogens (tertiary/aromatic N) is 2. The summed E-state index contributed by atoms with van der Waals surface area (Å²) in [6.07, 6.45) is 0. The van der Waals surface area contributed by atoms with Crippen molar-refractivity contribution in [3.05, 3.63) is 35.9 Å². The molecular formula is C13H18N2O2. The highest BCUT2D eigenvalue weighted by Crippen LogP contribution is 2.03. The molecule has 0 aromatic heterocycles. The third-order valence-corrected chi connectivity index (χ3v) is 2.98. The molecular weight excluding hydrogens is 216 g/mol. The normalized spacial score (nSPS) is 17.9. The minimum absolute atomic E-state index is 0.246. The monoisotopic (exact) mass is 234 g/mol. The Morgan fingerprint density at radius 1 is 1.18 bits per heavy atom. The largest absolute Gasteiger partial charge is 0.446 e. The van der Waals surface area contributed by atoms with Crippen LogP contribution < -0.4 is 0 Å². The molecule has 1 aromatic rings. The van der Waals surface area contributed by atoms with Crippen LogP contribution >= 0.6 is 0 Å². The molecule has 1 aliphatic rings. The molecule has 4 heteroatoms. The molecule has 92 valence electrons. The number of carbonyl (C=O) groups excluding carboxylic acids is 1. The zero-order valence-corrected chi connectivity index (χ0v) is 10.1. The summed E-state index contributed by atoms with van der Waals surface area (Å²) in [5.41, 5.74) is 0.613. The number of benzene rings is 1. The van der Waals surface area contributed by atoms with Crippen LogP contribution in [0.5, 0.6) is 0 Å². The summed E-state index contributed by atoms with van der Waals surface area (Å²) in [5, 5.41) is 0. The van der Waals surface area contributed by atoms with Gasteiger partial charge in [0, 0.05) is 26.2 Å². The van der Waals surface area contributed by atoms with Crippen molar-refractivity contribution >= 4 is 5.97 Å². The molecule has 0 N–H and O–H groups in total. The predicted molar refractivity (Wildman–Crippen MR) is 65.8 cm³/mol. The number of carbonyl (C=O) groups is 1. The van der Waals surface area contributed by atoms with E-state index in [1.165, 1.54) is 0 Å². The van der Waals surface area contributed by atoms with Gasteiger partial charge in [-0.3, -0.25) is 4.90 Å². The average molecular weight is 234 g/mol. The minimum Gasteiger partial charge on any atom is -0.446 e. The smallest absolute Gasteiger partial charge is 0.339 e. The van der Waals surface area contributed by atoms with Crippen LogP contribution in [0, 0.1) is 0 Å². The second kappa shape index (κ2) is 5.80. The van der Waals surface area contributed by atoms with E-state index in [-0.39, 0.29) is 5.97 Å². The van der Waals surface area contributed by atoms with Gasteiger partial charge in [-0.1, -0.05) is 18.2 Å². The van der Waals surface area contributed by atoms with Crippen LogP contribution in [-0.2, 0) is 4.74 Å². The van der Waals surface area contributed by atoms with E-state index in [0.717, 1.165) is 26.2 Å². The Bertz CT molecular complexity index is 359. The number of rotatable bonds is 3. The molecule has 0 unspecified atom stereocenters. The number of likely N-dealkylation sites (N-methyl/N-ethyl adjacent to an activating group) is 1. The number of ether oxygens (including phenoxy) is 1. The predicted octanol–water partition coefficient (Wildman–Crippen LogP) is 1.05. The van der Waals surface area contributed by atoms with Gasteiger partial charge in [0.25, 0.3) is 0 Å². The second-order valence-corrected chi connectivity index (χ2v) is 4.35. The lowest BCUT2D eigenvalue weighted by atomic mass is 10.2. The summed E-state index contributed by atoms with van der Waals surface area (Å²) in [5.74, 6) is -0.246. The first-order valence-corrected chi connectivity index (χ1v) is 5.89. The van der Waals surface area contributed by atoms with Crippen LogP contribution in [0.3, 0.4) is 0 Å².